The van der Waals surface area contributed by atoms with Crippen molar-refractivity contribution in [3.63, 3.8) is 0 Å². The van der Waals surface area contributed by atoms with Gasteiger partial charge in [-0.1, -0.05) is 6.07 Å². The van der Waals surface area contributed by atoms with E-state index >= 15 is 0 Å². The number of hydrogen-bond acceptors (Lipinski definition) is 7. The first-order valence-corrected chi connectivity index (χ1v) is 9.19. The molecule has 0 aliphatic carbocycles. The van der Waals surface area contributed by atoms with Crippen LogP contribution in [0.25, 0.3) is 0 Å². The average Bonchev–Trinajstić information content (AvgIpc) is 2.62. The van der Waals surface area contributed by atoms with Gasteiger partial charge in [-0.2, -0.15) is 0 Å². The molecule has 0 radical (unpaired) electrons. The van der Waals surface area contributed by atoms with Crippen molar-refractivity contribution in [3.05, 3.63) is 23.8 Å². The lowest BCUT2D eigenvalue weighted by molar-refractivity contribution is 0.0333. The number of nitrogens with zero attached hydrogens (tertiary/aromatic N) is 2. The van der Waals surface area contributed by atoms with Crippen LogP contribution in [0.2, 0.25) is 0 Å². The lowest BCUT2D eigenvalue weighted by Crippen LogP contribution is -2.41. The molecule has 1 fully saturated rings. The fourth-order valence-corrected chi connectivity index (χ4v) is 3.13. The standard InChI is InChI=1S/C19H32N2O5/c1-20(9-10-22)12-15-3-4-18(19(11-15)25-2)26-14-17(24)13-21-7-5-16(23)6-8-21/h3-4,11,16-17,22-24H,5-10,12-14H2,1-2H3/t17-/m0/s1. The Morgan fingerprint density at radius 2 is 2.00 bits per heavy atom. The fraction of sp³-hybridized carbons (Fsp3) is 0.684. The van der Waals surface area contributed by atoms with Crippen molar-refractivity contribution < 1.29 is 24.8 Å². The highest BCUT2D eigenvalue weighted by Crippen LogP contribution is 2.28. The van der Waals surface area contributed by atoms with Crippen molar-refractivity contribution in [2.24, 2.45) is 0 Å². The topological polar surface area (TPSA) is 85.6 Å². The number of methoxy groups -OCH3 is 1. The van der Waals surface area contributed by atoms with E-state index in [1.165, 1.54) is 0 Å². The maximum atomic E-state index is 10.2. The number of aliphatic hydroxyl groups excluding tert-OH is 3. The molecule has 1 heterocycles. The monoisotopic (exact) mass is 368 g/mol. The molecule has 0 saturated carbocycles. The van der Waals surface area contributed by atoms with Gasteiger partial charge in [0, 0.05) is 32.7 Å². The summed E-state index contributed by atoms with van der Waals surface area (Å²) in [4.78, 5) is 4.17. The fourth-order valence-electron chi connectivity index (χ4n) is 3.13. The van der Waals surface area contributed by atoms with Crippen molar-refractivity contribution in [2.75, 3.05) is 53.6 Å². The molecule has 26 heavy (non-hydrogen) atoms. The van der Waals surface area contributed by atoms with E-state index in [-0.39, 0.29) is 19.3 Å². The third kappa shape index (κ3) is 6.74. The summed E-state index contributed by atoms with van der Waals surface area (Å²) in [5.74, 6) is 1.24. The molecule has 0 bridgehead atoms. The number of piperidine rings is 1. The van der Waals surface area contributed by atoms with E-state index in [2.05, 4.69) is 4.90 Å². The summed E-state index contributed by atoms with van der Waals surface area (Å²) in [5, 5.41) is 28.7. The quantitative estimate of drug-likeness (QED) is 0.548. The second-order valence-corrected chi connectivity index (χ2v) is 6.94. The normalized spacial score (nSPS) is 17.5. The largest absolute Gasteiger partial charge is 0.493 e. The predicted octanol–water partition coefficient (Wildman–Crippen LogP) is 0.316. The molecule has 1 atom stereocenters. The minimum absolute atomic E-state index is 0.128. The summed E-state index contributed by atoms with van der Waals surface area (Å²) in [6.45, 7) is 3.79. The first kappa shape index (κ1) is 20.9. The highest BCUT2D eigenvalue weighted by Gasteiger charge is 2.20. The summed E-state index contributed by atoms with van der Waals surface area (Å²) in [7, 11) is 3.54. The summed E-state index contributed by atoms with van der Waals surface area (Å²) >= 11 is 0. The van der Waals surface area contributed by atoms with Crippen LogP contribution >= 0.6 is 0 Å². The number of benzene rings is 1. The molecule has 7 nitrogen and oxygen atoms in total. The highest BCUT2D eigenvalue weighted by atomic mass is 16.5. The van der Waals surface area contributed by atoms with Crippen LogP contribution in [-0.2, 0) is 6.54 Å². The molecular weight excluding hydrogens is 336 g/mol. The summed E-state index contributed by atoms with van der Waals surface area (Å²) in [6, 6.07) is 5.73. The molecule has 0 spiro atoms. The van der Waals surface area contributed by atoms with E-state index in [4.69, 9.17) is 14.6 Å². The second kappa shape index (κ2) is 10.7. The minimum atomic E-state index is -0.592. The van der Waals surface area contributed by atoms with E-state index in [1.807, 2.05) is 30.1 Å². The van der Waals surface area contributed by atoms with E-state index in [1.54, 1.807) is 7.11 Å². The second-order valence-electron chi connectivity index (χ2n) is 6.94. The Morgan fingerprint density at radius 3 is 2.65 bits per heavy atom. The number of aliphatic hydroxyl groups is 3. The van der Waals surface area contributed by atoms with E-state index in [0.29, 0.717) is 31.1 Å². The molecule has 2 rings (SSSR count). The Morgan fingerprint density at radius 1 is 1.27 bits per heavy atom. The molecule has 0 amide bonds. The molecule has 1 aromatic rings. The van der Waals surface area contributed by atoms with Gasteiger partial charge in [-0.05, 0) is 37.6 Å². The van der Waals surface area contributed by atoms with Crippen molar-refractivity contribution in [3.8, 4) is 11.5 Å². The zero-order chi connectivity index (χ0) is 18.9. The van der Waals surface area contributed by atoms with Crippen LogP contribution in [-0.4, -0.2) is 90.9 Å². The van der Waals surface area contributed by atoms with Gasteiger partial charge < -0.3 is 29.7 Å². The number of β-amino-alcohol motifs (C(OH)–C–C–N with tert-alkyl or cyclic N) is 1. The van der Waals surface area contributed by atoms with Crippen LogP contribution in [0.4, 0.5) is 0 Å². The summed E-state index contributed by atoms with van der Waals surface area (Å²) < 4.78 is 11.2. The van der Waals surface area contributed by atoms with Crippen LogP contribution in [0.5, 0.6) is 11.5 Å². The SMILES string of the molecule is COc1cc(CN(C)CCO)ccc1OC[C@@H](O)CN1CCC(O)CC1. The van der Waals surface area contributed by atoms with Crippen molar-refractivity contribution in [2.45, 2.75) is 31.6 Å². The van der Waals surface area contributed by atoms with Crippen LogP contribution in [0, 0.1) is 0 Å². The van der Waals surface area contributed by atoms with Gasteiger partial charge in [0.15, 0.2) is 11.5 Å². The van der Waals surface area contributed by atoms with Gasteiger partial charge in [-0.25, -0.2) is 0 Å². The molecule has 0 aromatic heterocycles. The van der Waals surface area contributed by atoms with Crippen molar-refractivity contribution >= 4 is 0 Å². The van der Waals surface area contributed by atoms with Crippen molar-refractivity contribution in [1.82, 2.24) is 9.80 Å². The zero-order valence-electron chi connectivity index (χ0n) is 15.8. The number of rotatable bonds is 10. The Bertz CT molecular complexity index is 535. The lowest BCUT2D eigenvalue weighted by atomic mass is 10.1. The van der Waals surface area contributed by atoms with E-state index in [0.717, 1.165) is 31.5 Å². The number of ether oxygens (including phenoxy) is 2. The Hall–Kier alpha value is -1.38. The number of likely N-dealkylation sites (N-methyl/N-ethyl adjacent to an activating group) is 1. The minimum Gasteiger partial charge on any atom is -0.493 e. The summed E-state index contributed by atoms with van der Waals surface area (Å²) in [6.07, 6.45) is 0.713. The van der Waals surface area contributed by atoms with Gasteiger partial charge in [-0.15, -0.1) is 0 Å². The molecule has 1 aliphatic rings. The maximum Gasteiger partial charge on any atom is 0.161 e. The molecule has 1 aliphatic heterocycles. The first-order chi connectivity index (χ1) is 12.5. The Labute approximate surface area is 155 Å². The van der Waals surface area contributed by atoms with Crippen LogP contribution < -0.4 is 9.47 Å². The van der Waals surface area contributed by atoms with Crippen LogP contribution in [0.1, 0.15) is 18.4 Å². The molecule has 7 heteroatoms. The van der Waals surface area contributed by atoms with Gasteiger partial charge in [0.25, 0.3) is 0 Å². The van der Waals surface area contributed by atoms with Gasteiger partial charge in [0.2, 0.25) is 0 Å². The van der Waals surface area contributed by atoms with Gasteiger partial charge >= 0.3 is 0 Å². The van der Waals surface area contributed by atoms with Gasteiger partial charge in [0.1, 0.15) is 12.7 Å². The van der Waals surface area contributed by atoms with Gasteiger partial charge in [-0.3, -0.25) is 4.90 Å². The molecule has 1 aromatic carbocycles. The number of likely N-dealkylation sites (tertiary alicyclic amines) is 1. The zero-order valence-corrected chi connectivity index (χ0v) is 15.8. The maximum absolute atomic E-state index is 10.2. The van der Waals surface area contributed by atoms with E-state index in [9.17, 15) is 10.2 Å². The average molecular weight is 368 g/mol. The summed E-state index contributed by atoms with van der Waals surface area (Å²) in [5.41, 5.74) is 1.07. The van der Waals surface area contributed by atoms with Crippen molar-refractivity contribution in [1.29, 1.82) is 0 Å². The predicted molar refractivity (Wildman–Crippen MR) is 99.6 cm³/mol. The first-order valence-electron chi connectivity index (χ1n) is 9.19. The van der Waals surface area contributed by atoms with Crippen LogP contribution in [0.15, 0.2) is 18.2 Å². The van der Waals surface area contributed by atoms with Gasteiger partial charge in [0.05, 0.1) is 19.8 Å². The Kier molecular flexibility index (Phi) is 8.61. The highest BCUT2D eigenvalue weighted by molar-refractivity contribution is 5.43. The number of hydrogen-bond donors (Lipinski definition) is 3. The lowest BCUT2D eigenvalue weighted by Gasteiger charge is -2.30. The van der Waals surface area contributed by atoms with E-state index < -0.39 is 6.10 Å². The smallest absolute Gasteiger partial charge is 0.161 e. The third-order valence-electron chi connectivity index (χ3n) is 4.62. The Balaban J connectivity index is 1.84. The molecule has 148 valence electrons. The molecular formula is C19H32N2O5. The molecule has 3 N–H and O–H groups in total. The van der Waals surface area contributed by atoms with Crippen LogP contribution in [0.3, 0.4) is 0 Å². The molecule has 1 saturated heterocycles. The molecule has 0 unspecified atom stereocenters. The third-order valence-corrected chi connectivity index (χ3v) is 4.62.